The fourth-order valence-electron chi connectivity index (χ4n) is 2.89. The Morgan fingerprint density at radius 1 is 1.29 bits per heavy atom. The van der Waals surface area contributed by atoms with E-state index < -0.39 is 11.0 Å². The summed E-state index contributed by atoms with van der Waals surface area (Å²) in [6.45, 7) is 0. The van der Waals surface area contributed by atoms with Gasteiger partial charge in [0, 0.05) is 23.7 Å². The van der Waals surface area contributed by atoms with Gasteiger partial charge in [0.1, 0.15) is 5.75 Å². The van der Waals surface area contributed by atoms with Crippen molar-refractivity contribution in [3.8, 4) is 5.75 Å². The number of nitro benzene ring substituents is 1. The summed E-state index contributed by atoms with van der Waals surface area (Å²) in [5.74, 6) is 0.282. The Labute approximate surface area is 147 Å². The Morgan fingerprint density at radius 2 is 2.00 bits per heavy atom. The normalized spacial score (nSPS) is 15.7. The van der Waals surface area contributed by atoms with E-state index in [1.807, 2.05) is 12.1 Å². The minimum atomic E-state index is -0.495. The maximum atomic E-state index is 12.4. The average molecular weight is 391 g/mol. The number of halogens is 1. The molecule has 0 N–H and O–H groups in total. The third-order valence-corrected chi connectivity index (χ3v) is 4.66. The van der Waals surface area contributed by atoms with E-state index in [0.717, 1.165) is 22.9 Å². The zero-order valence-electron chi connectivity index (χ0n) is 12.9. The second kappa shape index (κ2) is 6.60. The highest BCUT2D eigenvalue weighted by Gasteiger charge is 2.29. The van der Waals surface area contributed by atoms with Crippen molar-refractivity contribution in [2.75, 3.05) is 7.05 Å². The molecule has 0 aromatic heterocycles. The number of non-ortho nitro benzene ring substituents is 1. The molecule has 1 aliphatic rings. The first kappa shape index (κ1) is 16.4. The van der Waals surface area contributed by atoms with Crippen LogP contribution in [0.4, 0.5) is 10.5 Å². The van der Waals surface area contributed by atoms with E-state index in [-0.39, 0.29) is 17.5 Å². The summed E-state index contributed by atoms with van der Waals surface area (Å²) in [6, 6.07) is 11.5. The van der Waals surface area contributed by atoms with Crippen LogP contribution >= 0.6 is 15.9 Å². The molecular weight excluding hydrogens is 376 g/mol. The van der Waals surface area contributed by atoms with Gasteiger partial charge in [-0.2, -0.15) is 0 Å². The molecule has 1 aliphatic carbocycles. The fourth-order valence-corrected chi connectivity index (χ4v) is 3.27. The molecule has 2 aromatic carbocycles. The van der Waals surface area contributed by atoms with Crippen molar-refractivity contribution in [1.29, 1.82) is 0 Å². The summed E-state index contributed by atoms with van der Waals surface area (Å²) in [5, 5.41) is 10.6. The molecule has 0 radical (unpaired) electrons. The summed E-state index contributed by atoms with van der Waals surface area (Å²) in [5.41, 5.74) is 2.31. The molecule has 0 saturated carbocycles. The number of ether oxygens (including phenoxy) is 1. The Kier molecular flexibility index (Phi) is 4.53. The van der Waals surface area contributed by atoms with E-state index in [2.05, 4.69) is 22.0 Å². The first-order valence-electron chi connectivity index (χ1n) is 7.43. The molecular formula is C17H15BrN2O4. The molecule has 0 bridgehead atoms. The molecule has 24 heavy (non-hydrogen) atoms. The Balaban J connectivity index is 1.72. The van der Waals surface area contributed by atoms with E-state index in [1.54, 1.807) is 11.9 Å². The second-order valence-corrected chi connectivity index (χ2v) is 6.54. The van der Waals surface area contributed by atoms with Gasteiger partial charge in [-0.05, 0) is 48.2 Å². The van der Waals surface area contributed by atoms with Crippen molar-refractivity contribution < 1.29 is 14.5 Å². The van der Waals surface area contributed by atoms with Gasteiger partial charge >= 0.3 is 6.09 Å². The second-order valence-electron chi connectivity index (χ2n) is 5.63. The zero-order chi connectivity index (χ0) is 17.3. The van der Waals surface area contributed by atoms with Crippen LogP contribution in [0.2, 0.25) is 0 Å². The SMILES string of the molecule is CN(C(=O)Oc1ccc([N+](=O)[O-])cc1)C1CCc2ccc(Br)cc21. The number of fused-ring (bicyclic) bond motifs is 1. The Morgan fingerprint density at radius 3 is 2.67 bits per heavy atom. The molecule has 0 fully saturated rings. The van der Waals surface area contributed by atoms with Crippen molar-refractivity contribution in [2.45, 2.75) is 18.9 Å². The lowest BCUT2D eigenvalue weighted by atomic mass is 10.1. The van der Waals surface area contributed by atoms with Crippen molar-refractivity contribution >= 4 is 27.7 Å². The van der Waals surface area contributed by atoms with Crippen molar-refractivity contribution in [3.63, 3.8) is 0 Å². The number of nitrogens with zero attached hydrogens (tertiary/aromatic N) is 2. The molecule has 124 valence electrons. The lowest BCUT2D eigenvalue weighted by molar-refractivity contribution is -0.384. The van der Waals surface area contributed by atoms with E-state index in [9.17, 15) is 14.9 Å². The fraction of sp³-hybridized carbons (Fsp3) is 0.235. The Bertz CT molecular complexity index is 792. The molecule has 0 heterocycles. The van der Waals surface area contributed by atoms with Gasteiger partial charge in [-0.25, -0.2) is 4.79 Å². The number of carbonyl (C=O) groups is 1. The molecule has 1 atom stereocenters. The number of hydrogen-bond acceptors (Lipinski definition) is 4. The molecule has 0 aliphatic heterocycles. The minimum absolute atomic E-state index is 0.0388. The number of amides is 1. The summed E-state index contributed by atoms with van der Waals surface area (Å²) in [7, 11) is 1.70. The number of nitro groups is 1. The maximum Gasteiger partial charge on any atom is 0.415 e. The number of carbonyl (C=O) groups excluding carboxylic acids is 1. The Hall–Kier alpha value is -2.41. The number of benzene rings is 2. The van der Waals surface area contributed by atoms with E-state index in [1.165, 1.54) is 29.8 Å². The molecule has 6 nitrogen and oxygen atoms in total. The monoisotopic (exact) mass is 390 g/mol. The lowest BCUT2D eigenvalue weighted by Gasteiger charge is -2.24. The van der Waals surface area contributed by atoms with E-state index in [0.29, 0.717) is 0 Å². The molecule has 1 amide bonds. The van der Waals surface area contributed by atoms with Gasteiger partial charge in [0.15, 0.2) is 0 Å². The van der Waals surface area contributed by atoms with Gasteiger partial charge in [0.2, 0.25) is 0 Å². The van der Waals surface area contributed by atoms with Gasteiger partial charge in [-0.15, -0.1) is 0 Å². The predicted molar refractivity (Wildman–Crippen MR) is 92.1 cm³/mol. The smallest absolute Gasteiger partial charge is 0.410 e. The largest absolute Gasteiger partial charge is 0.415 e. The van der Waals surface area contributed by atoms with Crippen molar-refractivity contribution in [1.82, 2.24) is 4.90 Å². The molecule has 2 aromatic rings. The summed E-state index contributed by atoms with van der Waals surface area (Å²) < 4.78 is 6.30. The van der Waals surface area contributed by atoms with Crippen LogP contribution in [0.5, 0.6) is 5.75 Å². The summed E-state index contributed by atoms with van der Waals surface area (Å²) >= 11 is 3.46. The quantitative estimate of drug-likeness (QED) is 0.572. The molecule has 7 heteroatoms. The van der Waals surface area contributed by atoms with Crippen LogP contribution in [0.15, 0.2) is 46.9 Å². The minimum Gasteiger partial charge on any atom is -0.410 e. The van der Waals surface area contributed by atoms with Gasteiger partial charge in [-0.1, -0.05) is 22.0 Å². The first-order valence-corrected chi connectivity index (χ1v) is 8.22. The molecule has 1 unspecified atom stereocenters. The van der Waals surface area contributed by atoms with Gasteiger partial charge in [0.25, 0.3) is 5.69 Å². The summed E-state index contributed by atoms with van der Waals surface area (Å²) in [4.78, 5) is 24.1. The van der Waals surface area contributed by atoms with Crippen molar-refractivity contribution in [3.05, 3.63) is 68.2 Å². The van der Waals surface area contributed by atoms with Gasteiger partial charge < -0.3 is 9.64 Å². The number of hydrogen-bond donors (Lipinski definition) is 0. The molecule has 0 spiro atoms. The van der Waals surface area contributed by atoms with E-state index >= 15 is 0 Å². The maximum absolute atomic E-state index is 12.4. The van der Waals surface area contributed by atoms with Crippen LogP contribution in [0.25, 0.3) is 0 Å². The van der Waals surface area contributed by atoms with Crippen LogP contribution in [0, 0.1) is 10.1 Å². The number of aryl methyl sites for hydroxylation is 1. The van der Waals surface area contributed by atoms with E-state index in [4.69, 9.17) is 4.74 Å². The number of rotatable bonds is 3. The third kappa shape index (κ3) is 3.26. The van der Waals surface area contributed by atoms with Crippen LogP contribution < -0.4 is 4.74 Å². The standard InChI is InChI=1S/C17H15BrN2O4/c1-19(16-9-3-11-2-4-12(18)10-15(11)16)17(21)24-14-7-5-13(6-8-14)20(22)23/h2,4-8,10,16H,3,9H2,1H3. The van der Waals surface area contributed by atoms with Crippen LogP contribution in [0.3, 0.4) is 0 Å². The topological polar surface area (TPSA) is 72.7 Å². The van der Waals surface area contributed by atoms with Crippen molar-refractivity contribution in [2.24, 2.45) is 0 Å². The third-order valence-electron chi connectivity index (χ3n) is 4.16. The zero-order valence-corrected chi connectivity index (χ0v) is 14.5. The van der Waals surface area contributed by atoms with Gasteiger partial charge in [0.05, 0.1) is 11.0 Å². The van der Waals surface area contributed by atoms with Crippen LogP contribution in [-0.2, 0) is 6.42 Å². The van der Waals surface area contributed by atoms with Crippen LogP contribution in [0.1, 0.15) is 23.6 Å². The average Bonchev–Trinajstić information content (AvgIpc) is 2.97. The lowest BCUT2D eigenvalue weighted by Crippen LogP contribution is -2.32. The van der Waals surface area contributed by atoms with Crippen LogP contribution in [-0.4, -0.2) is 23.0 Å². The highest BCUT2D eigenvalue weighted by atomic mass is 79.9. The highest BCUT2D eigenvalue weighted by molar-refractivity contribution is 9.10. The predicted octanol–water partition coefficient (Wildman–Crippen LogP) is 4.48. The first-order chi connectivity index (χ1) is 11.5. The molecule has 3 rings (SSSR count). The summed E-state index contributed by atoms with van der Waals surface area (Å²) in [6.07, 6.45) is 1.28. The highest BCUT2D eigenvalue weighted by Crippen LogP contribution is 2.37. The molecule has 0 saturated heterocycles. The van der Waals surface area contributed by atoms with Gasteiger partial charge in [-0.3, -0.25) is 10.1 Å².